The molecule has 0 aliphatic carbocycles. The highest BCUT2D eigenvalue weighted by molar-refractivity contribution is 6.30. The van der Waals surface area contributed by atoms with Crippen molar-refractivity contribution in [2.75, 3.05) is 0 Å². The van der Waals surface area contributed by atoms with Crippen LogP contribution in [0.2, 0.25) is 5.02 Å². The smallest absolute Gasteiger partial charge is 0.141 e. The van der Waals surface area contributed by atoms with Crippen molar-refractivity contribution in [3.8, 4) is 0 Å². The van der Waals surface area contributed by atoms with Gasteiger partial charge in [-0.25, -0.2) is 4.39 Å². The number of halogens is 2. The van der Waals surface area contributed by atoms with Gasteiger partial charge in [-0.05, 0) is 44.0 Å². The molecule has 3 heteroatoms. The molecule has 2 rings (SSSR count). The molecule has 0 fully saturated rings. The van der Waals surface area contributed by atoms with Crippen LogP contribution >= 0.6 is 11.6 Å². The maximum atomic E-state index is 13.1. The topological polar surface area (TPSA) is 12.0 Å². The quantitative estimate of drug-likeness (QED) is 0.841. The fraction of sp³-hybridized carbons (Fsp3) is 0.294. The lowest BCUT2D eigenvalue weighted by molar-refractivity contribution is 0.572. The molecule has 1 nitrogen and oxygen atoms in total. The molecule has 1 unspecified atom stereocenters. The lowest BCUT2D eigenvalue weighted by atomic mass is 10.0. The van der Waals surface area contributed by atoms with Crippen molar-refractivity contribution in [2.24, 2.45) is 0 Å². The maximum absolute atomic E-state index is 13.1. The first-order chi connectivity index (χ1) is 9.45. The van der Waals surface area contributed by atoms with E-state index in [9.17, 15) is 4.39 Å². The zero-order chi connectivity index (χ0) is 14.7. The van der Waals surface area contributed by atoms with Crippen LogP contribution in [0.15, 0.2) is 36.4 Å². The molecule has 0 aliphatic heterocycles. The standard InChI is InChI=1S/C17H19ClFN/c1-11-6-12(2)8-15(7-11)13(3)20-10-14-4-5-17(19)16(18)9-14/h4-9,13,20H,10H2,1-3H3. The van der Waals surface area contributed by atoms with E-state index in [-0.39, 0.29) is 16.9 Å². The maximum Gasteiger partial charge on any atom is 0.141 e. The Morgan fingerprint density at radius 2 is 1.75 bits per heavy atom. The van der Waals surface area contributed by atoms with Crippen LogP contribution in [0.25, 0.3) is 0 Å². The van der Waals surface area contributed by atoms with E-state index in [4.69, 9.17) is 11.6 Å². The fourth-order valence-electron chi connectivity index (χ4n) is 2.30. The van der Waals surface area contributed by atoms with Crippen LogP contribution in [0.5, 0.6) is 0 Å². The highest BCUT2D eigenvalue weighted by Crippen LogP contribution is 2.19. The van der Waals surface area contributed by atoms with Gasteiger partial charge in [0.1, 0.15) is 5.82 Å². The van der Waals surface area contributed by atoms with E-state index in [1.54, 1.807) is 12.1 Å². The third kappa shape index (κ3) is 3.81. The molecular weight excluding hydrogens is 273 g/mol. The summed E-state index contributed by atoms with van der Waals surface area (Å²) in [4.78, 5) is 0. The molecule has 0 aliphatic rings. The van der Waals surface area contributed by atoms with E-state index >= 15 is 0 Å². The molecular formula is C17H19ClFN. The predicted octanol–water partition coefficient (Wildman–Crippen LogP) is 4.95. The number of hydrogen-bond acceptors (Lipinski definition) is 1. The van der Waals surface area contributed by atoms with Gasteiger partial charge in [0.05, 0.1) is 5.02 Å². The first kappa shape index (κ1) is 15.0. The van der Waals surface area contributed by atoms with Crippen LogP contribution in [-0.2, 0) is 6.54 Å². The number of hydrogen-bond donors (Lipinski definition) is 1. The van der Waals surface area contributed by atoms with Crippen molar-refractivity contribution in [1.82, 2.24) is 5.32 Å². The third-order valence-electron chi connectivity index (χ3n) is 3.34. The van der Waals surface area contributed by atoms with E-state index < -0.39 is 0 Å². The Labute approximate surface area is 124 Å². The zero-order valence-corrected chi connectivity index (χ0v) is 12.8. The zero-order valence-electron chi connectivity index (χ0n) is 12.0. The highest BCUT2D eigenvalue weighted by Gasteiger charge is 2.07. The van der Waals surface area contributed by atoms with Gasteiger partial charge in [-0.3, -0.25) is 0 Å². The van der Waals surface area contributed by atoms with Gasteiger partial charge in [0.2, 0.25) is 0 Å². The molecule has 0 heterocycles. The summed E-state index contributed by atoms with van der Waals surface area (Å²) in [5.41, 5.74) is 4.76. The predicted molar refractivity (Wildman–Crippen MR) is 82.6 cm³/mol. The van der Waals surface area contributed by atoms with Crippen molar-refractivity contribution in [1.29, 1.82) is 0 Å². The van der Waals surface area contributed by atoms with Crippen LogP contribution < -0.4 is 5.32 Å². The van der Waals surface area contributed by atoms with Crippen LogP contribution in [0.3, 0.4) is 0 Å². The van der Waals surface area contributed by atoms with Gasteiger partial charge in [0, 0.05) is 12.6 Å². The van der Waals surface area contributed by atoms with Gasteiger partial charge in [-0.2, -0.15) is 0 Å². The first-order valence-electron chi connectivity index (χ1n) is 6.71. The molecule has 0 radical (unpaired) electrons. The molecule has 0 aromatic heterocycles. The van der Waals surface area contributed by atoms with E-state index in [2.05, 4.69) is 44.3 Å². The summed E-state index contributed by atoms with van der Waals surface area (Å²) >= 11 is 5.78. The SMILES string of the molecule is Cc1cc(C)cc(C(C)NCc2ccc(F)c(Cl)c2)c1. The van der Waals surface area contributed by atoms with Crippen molar-refractivity contribution in [2.45, 2.75) is 33.4 Å². The second-order valence-corrected chi connectivity index (χ2v) is 5.68. The van der Waals surface area contributed by atoms with Crippen LogP contribution in [0.4, 0.5) is 4.39 Å². The third-order valence-corrected chi connectivity index (χ3v) is 3.63. The number of rotatable bonds is 4. The molecule has 0 spiro atoms. The lowest BCUT2D eigenvalue weighted by Crippen LogP contribution is -2.18. The van der Waals surface area contributed by atoms with Gasteiger partial charge < -0.3 is 5.32 Å². The number of benzene rings is 2. The second-order valence-electron chi connectivity index (χ2n) is 5.27. The van der Waals surface area contributed by atoms with Gasteiger partial charge >= 0.3 is 0 Å². The van der Waals surface area contributed by atoms with Crippen LogP contribution in [-0.4, -0.2) is 0 Å². The summed E-state index contributed by atoms with van der Waals surface area (Å²) in [5, 5.41) is 3.60. The normalized spacial score (nSPS) is 12.4. The Balaban J connectivity index is 2.04. The van der Waals surface area contributed by atoms with Gasteiger partial charge in [0.15, 0.2) is 0 Å². The Morgan fingerprint density at radius 1 is 1.10 bits per heavy atom. The monoisotopic (exact) mass is 291 g/mol. The summed E-state index contributed by atoms with van der Waals surface area (Å²) in [5.74, 6) is -0.377. The molecule has 2 aromatic carbocycles. The molecule has 2 aromatic rings. The Kier molecular flexibility index (Phi) is 4.79. The Morgan fingerprint density at radius 3 is 2.35 bits per heavy atom. The molecule has 0 saturated carbocycles. The first-order valence-corrected chi connectivity index (χ1v) is 7.09. The summed E-state index contributed by atoms with van der Waals surface area (Å²) in [6, 6.07) is 11.6. The molecule has 20 heavy (non-hydrogen) atoms. The van der Waals surface area contributed by atoms with Crippen LogP contribution in [0, 0.1) is 19.7 Å². The largest absolute Gasteiger partial charge is 0.306 e. The summed E-state index contributed by atoms with van der Waals surface area (Å²) in [6.07, 6.45) is 0. The average molecular weight is 292 g/mol. The molecule has 1 atom stereocenters. The minimum atomic E-state index is -0.377. The highest BCUT2D eigenvalue weighted by atomic mass is 35.5. The van der Waals surface area contributed by atoms with E-state index in [0.717, 1.165) is 5.56 Å². The van der Waals surface area contributed by atoms with Gasteiger partial charge in [-0.1, -0.05) is 47.0 Å². The van der Waals surface area contributed by atoms with Gasteiger partial charge in [-0.15, -0.1) is 0 Å². The van der Waals surface area contributed by atoms with Gasteiger partial charge in [0.25, 0.3) is 0 Å². The minimum absolute atomic E-state index is 0.170. The average Bonchev–Trinajstić information content (AvgIpc) is 2.38. The molecule has 0 saturated heterocycles. The van der Waals surface area contributed by atoms with Crippen molar-refractivity contribution >= 4 is 11.6 Å². The Bertz CT molecular complexity index is 590. The second kappa shape index (κ2) is 6.38. The van der Waals surface area contributed by atoms with Crippen LogP contribution in [0.1, 0.15) is 35.2 Å². The van der Waals surface area contributed by atoms with E-state index in [1.165, 1.54) is 22.8 Å². The summed E-state index contributed by atoms with van der Waals surface area (Å²) < 4.78 is 13.1. The summed E-state index contributed by atoms with van der Waals surface area (Å²) in [7, 11) is 0. The fourth-order valence-corrected chi connectivity index (χ4v) is 2.50. The van der Waals surface area contributed by atoms with Crippen molar-refractivity contribution in [3.63, 3.8) is 0 Å². The van der Waals surface area contributed by atoms with E-state index in [0.29, 0.717) is 6.54 Å². The Hall–Kier alpha value is -1.38. The number of aryl methyl sites for hydroxylation is 2. The summed E-state index contributed by atoms with van der Waals surface area (Å²) in [6.45, 7) is 6.99. The molecule has 106 valence electrons. The number of nitrogens with one attached hydrogen (secondary N) is 1. The molecule has 0 bridgehead atoms. The molecule has 0 amide bonds. The lowest BCUT2D eigenvalue weighted by Gasteiger charge is -2.16. The van der Waals surface area contributed by atoms with E-state index in [1.807, 2.05) is 0 Å². The van der Waals surface area contributed by atoms with Crippen molar-refractivity contribution in [3.05, 3.63) is 69.5 Å². The minimum Gasteiger partial charge on any atom is -0.306 e. The molecule has 1 N–H and O–H groups in total. The van der Waals surface area contributed by atoms with Crippen molar-refractivity contribution < 1.29 is 4.39 Å².